The van der Waals surface area contributed by atoms with Crippen molar-refractivity contribution in [1.82, 2.24) is 5.32 Å². The van der Waals surface area contributed by atoms with Crippen LogP contribution in [-0.4, -0.2) is 30.3 Å². The smallest absolute Gasteiger partial charge is 0.339 e. The topological polar surface area (TPSA) is 99.4 Å². The summed E-state index contributed by atoms with van der Waals surface area (Å²) in [4.78, 5) is 35.5. The molecule has 1 aromatic carbocycles. The first-order valence-corrected chi connectivity index (χ1v) is 7.65. The molecule has 0 saturated carbocycles. The first-order chi connectivity index (χ1) is 12.0. The molecule has 0 aliphatic heterocycles. The van der Waals surface area contributed by atoms with E-state index in [9.17, 15) is 19.6 Å². The summed E-state index contributed by atoms with van der Waals surface area (Å²) in [6.45, 7) is 0.881. The maximum Gasteiger partial charge on any atom is 0.339 e. The van der Waals surface area contributed by atoms with Gasteiger partial charge in [0.2, 0.25) is 0 Å². The number of hydrogen-bond donors (Lipinski definition) is 1. The number of nitrogens with zero attached hydrogens (tertiary/aromatic N) is 1. The predicted molar refractivity (Wildman–Crippen MR) is 88.4 cm³/mol. The summed E-state index contributed by atoms with van der Waals surface area (Å²) in [5, 5.41) is 13.5. The van der Waals surface area contributed by atoms with E-state index in [2.05, 4.69) is 5.32 Å². The molecular formula is C18H18N2O5. The Morgan fingerprint density at radius 2 is 1.76 bits per heavy atom. The summed E-state index contributed by atoms with van der Waals surface area (Å²) >= 11 is 0. The molecule has 2 rings (SSSR count). The molecule has 1 heterocycles. The molecule has 0 aliphatic rings. The average Bonchev–Trinajstić information content (AvgIpc) is 2.60. The first-order valence-electron chi connectivity index (χ1n) is 7.65. The second kappa shape index (κ2) is 8.58. The summed E-state index contributed by atoms with van der Waals surface area (Å²) in [6, 6.07) is 11.2. The number of benzene rings is 1. The van der Waals surface area contributed by atoms with Crippen LogP contribution in [0.25, 0.3) is 0 Å². The Balaban J connectivity index is 1.87. The number of Topliss-reactive ketones (excluding diaryl/α,β-unsaturated/α-hetero) is 1. The van der Waals surface area contributed by atoms with E-state index in [0.29, 0.717) is 11.2 Å². The van der Waals surface area contributed by atoms with Crippen LogP contribution in [0.15, 0.2) is 54.9 Å². The van der Waals surface area contributed by atoms with Gasteiger partial charge in [-0.15, -0.1) is 0 Å². The zero-order valence-electron chi connectivity index (χ0n) is 13.7. The minimum Gasteiger partial charge on any atom is -0.619 e. The number of pyridine rings is 1. The van der Waals surface area contributed by atoms with Gasteiger partial charge in [0.1, 0.15) is 0 Å². The fraction of sp³-hybridized carbons (Fsp3) is 0.222. The molecule has 1 N–H and O–H groups in total. The second-order valence-electron chi connectivity index (χ2n) is 5.44. The van der Waals surface area contributed by atoms with Crippen LogP contribution < -0.4 is 10.0 Å². The molecule has 0 unspecified atom stereocenters. The number of ketones is 1. The Bertz CT molecular complexity index is 744. The van der Waals surface area contributed by atoms with Crippen molar-refractivity contribution in [2.75, 3.05) is 6.61 Å². The molecule has 0 aliphatic carbocycles. The Morgan fingerprint density at radius 1 is 1.12 bits per heavy atom. The number of nitrogens with one attached hydrogen (secondary N) is 1. The molecule has 7 nitrogen and oxygen atoms in total. The normalized spacial score (nSPS) is 11.4. The van der Waals surface area contributed by atoms with E-state index < -0.39 is 24.5 Å². The van der Waals surface area contributed by atoms with Crippen molar-refractivity contribution in [1.29, 1.82) is 0 Å². The molecular weight excluding hydrogens is 324 g/mol. The Hall–Kier alpha value is -3.22. The lowest BCUT2D eigenvalue weighted by atomic mass is 10.0. The van der Waals surface area contributed by atoms with Crippen molar-refractivity contribution in [3.8, 4) is 0 Å². The fourth-order valence-corrected chi connectivity index (χ4v) is 2.15. The summed E-state index contributed by atoms with van der Waals surface area (Å²) in [7, 11) is 0. The number of carbonyl (C=O) groups excluding carboxylic acids is 3. The van der Waals surface area contributed by atoms with Crippen LogP contribution in [0.5, 0.6) is 0 Å². The molecule has 0 bridgehead atoms. The second-order valence-corrected chi connectivity index (χ2v) is 5.44. The molecule has 0 spiro atoms. The van der Waals surface area contributed by atoms with Gasteiger partial charge in [-0.05, 0) is 18.9 Å². The highest BCUT2D eigenvalue weighted by Crippen LogP contribution is 2.04. The van der Waals surface area contributed by atoms with Gasteiger partial charge >= 0.3 is 5.97 Å². The van der Waals surface area contributed by atoms with Gasteiger partial charge in [-0.1, -0.05) is 30.3 Å². The summed E-state index contributed by atoms with van der Waals surface area (Å²) in [5.74, 6) is -1.48. The lowest BCUT2D eigenvalue weighted by Crippen LogP contribution is -2.43. The van der Waals surface area contributed by atoms with E-state index in [1.54, 1.807) is 0 Å². The molecule has 7 heteroatoms. The Morgan fingerprint density at radius 3 is 2.36 bits per heavy atom. The first kappa shape index (κ1) is 18.1. The third-order valence-corrected chi connectivity index (χ3v) is 3.48. The minimum absolute atomic E-state index is 0.160. The highest BCUT2D eigenvalue weighted by Gasteiger charge is 2.19. The quantitative estimate of drug-likeness (QED) is 0.456. The predicted octanol–water partition coefficient (Wildman–Crippen LogP) is 0.793. The van der Waals surface area contributed by atoms with Crippen molar-refractivity contribution in [3.63, 3.8) is 0 Å². The monoisotopic (exact) mass is 342 g/mol. The number of carbonyl (C=O) groups is 3. The summed E-state index contributed by atoms with van der Waals surface area (Å²) in [6.07, 6.45) is 2.67. The Labute approximate surface area is 144 Å². The van der Waals surface area contributed by atoms with E-state index in [-0.39, 0.29) is 11.3 Å². The van der Waals surface area contributed by atoms with Crippen molar-refractivity contribution < 1.29 is 23.9 Å². The van der Waals surface area contributed by atoms with Crippen LogP contribution in [0.4, 0.5) is 0 Å². The lowest BCUT2D eigenvalue weighted by molar-refractivity contribution is -0.605. The third-order valence-electron chi connectivity index (χ3n) is 3.48. The molecule has 130 valence electrons. The van der Waals surface area contributed by atoms with Gasteiger partial charge in [-0.2, -0.15) is 4.73 Å². The number of ether oxygens (including phenoxy) is 1. The van der Waals surface area contributed by atoms with Crippen LogP contribution in [0.3, 0.4) is 0 Å². The molecule has 0 saturated heterocycles. The summed E-state index contributed by atoms with van der Waals surface area (Å²) in [5.41, 5.74) is 1.07. The molecule has 0 radical (unpaired) electrons. The van der Waals surface area contributed by atoms with Crippen LogP contribution in [0.1, 0.15) is 22.8 Å². The highest BCUT2D eigenvalue weighted by molar-refractivity contribution is 5.92. The average molecular weight is 342 g/mol. The van der Waals surface area contributed by atoms with E-state index in [1.165, 1.54) is 19.1 Å². The van der Waals surface area contributed by atoms with Crippen LogP contribution >= 0.6 is 0 Å². The Kier molecular flexibility index (Phi) is 6.22. The molecule has 2 aromatic rings. The SMILES string of the molecule is CC(=O)[C@@H](Cc1ccccc1)NC(=O)COC(=O)c1cc[n+]([O-])cc1. The van der Waals surface area contributed by atoms with Crippen molar-refractivity contribution in [3.05, 3.63) is 71.2 Å². The molecule has 1 amide bonds. The minimum atomic E-state index is -0.724. The fourth-order valence-electron chi connectivity index (χ4n) is 2.15. The van der Waals surface area contributed by atoms with E-state index in [4.69, 9.17) is 4.74 Å². The van der Waals surface area contributed by atoms with Gasteiger partial charge in [-0.3, -0.25) is 9.59 Å². The van der Waals surface area contributed by atoms with E-state index >= 15 is 0 Å². The number of amides is 1. The zero-order valence-corrected chi connectivity index (χ0v) is 13.7. The molecule has 0 fully saturated rings. The zero-order chi connectivity index (χ0) is 18.2. The van der Waals surface area contributed by atoms with Gasteiger partial charge in [0, 0.05) is 12.1 Å². The van der Waals surface area contributed by atoms with Crippen molar-refractivity contribution >= 4 is 17.7 Å². The van der Waals surface area contributed by atoms with E-state index in [1.807, 2.05) is 30.3 Å². The van der Waals surface area contributed by atoms with Crippen molar-refractivity contribution in [2.45, 2.75) is 19.4 Å². The maximum atomic E-state index is 11.9. The van der Waals surface area contributed by atoms with Crippen LogP contribution in [-0.2, 0) is 20.7 Å². The summed E-state index contributed by atoms with van der Waals surface area (Å²) < 4.78 is 5.42. The standard InChI is InChI=1S/C18H18N2O5/c1-13(21)16(11-14-5-3-2-4-6-14)19-17(22)12-25-18(23)15-7-9-20(24)10-8-15/h2-10,16H,11-12H2,1H3,(H,19,22)/t16-/m1/s1. The van der Waals surface area contributed by atoms with Gasteiger partial charge < -0.3 is 15.3 Å². The molecule has 1 aromatic heterocycles. The van der Waals surface area contributed by atoms with Crippen LogP contribution in [0, 0.1) is 5.21 Å². The number of aromatic nitrogens is 1. The van der Waals surface area contributed by atoms with Gasteiger partial charge in [0.25, 0.3) is 5.91 Å². The number of rotatable bonds is 7. The van der Waals surface area contributed by atoms with Gasteiger partial charge in [-0.25, -0.2) is 4.79 Å². The highest BCUT2D eigenvalue weighted by atomic mass is 16.5. The lowest BCUT2D eigenvalue weighted by Gasteiger charge is -2.16. The van der Waals surface area contributed by atoms with Crippen LogP contribution in [0.2, 0.25) is 0 Å². The third kappa shape index (κ3) is 5.72. The largest absolute Gasteiger partial charge is 0.619 e. The van der Waals surface area contributed by atoms with Gasteiger partial charge in [0.05, 0.1) is 11.6 Å². The number of esters is 1. The molecule has 25 heavy (non-hydrogen) atoms. The van der Waals surface area contributed by atoms with E-state index in [0.717, 1.165) is 18.0 Å². The molecule has 1 atom stereocenters. The van der Waals surface area contributed by atoms with Crippen molar-refractivity contribution in [2.24, 2.45) is 0 Å². The number of hydrogen-bond acceptors (Lipinski definition) is 5. The van der Waals surface area contributed by atoms with Gasteiger partial charge in [0.15, 0.2) is 24.8 Å². The maximum absolute atomic E-state index is 11.9.